The number of anilines is 4. The highest BCUT2D eigenvalue weighted by atomic mass is 16.5. The number of piperazine rings is 2. The average Bonchev–Trinajstić information content (AvgIpc) is 3.39. The number of methoxy groups -OCH3 is 2. The summed E-state index contributed by atoms with van der Waals surface area (Å²) in [5.74, 6) is 1.98. The number of nitriles is 1. The number of aliphatic carboxylic acids is 1. The summed E-state index contributed by atoms with van der Waals surface area (Å²) in [7, 11) is 7.23. The molecule has 2 aliphatic rings. The van der Waals surface area contributed by atoms with Gasteiger partial charge in [-0.3, -0.25) is 19.6 Å². The Bertz CT molecular complexity index is 2680. The molecule has 1 unspecified atom stereocenters. The molecule has 2 fully saturated rings. The predicted molar refractivity (Wildman–Crippen MR) is 265 cm³/mol. The molecule has 6 aromatic rings. The summed E-state index contributed by atoms with van der Waals surface area (Å²) in [5.41, 5.74) is 13.2. The van der Waals surface area contributed by atoms with Crippen molar-refractivity contribution in [3.8, 4) is 40.1 Å². The summed E-state index contributed by atoms with van der Waals surface area (Å²) in [4.78, 5) is 53.0. The number of nitrogens with two attached hydrogens (primary N) is 1. The van der Waals surface area contributed by atoms with Crippen LogP contribution in [0.25, 0.3) is 22.5 Å². The molecular weight excluding hydrogens is 861 g/mol. The Morgan fingerprint density at radius 3 is 1.94 bits per heavy atom. The van der Waals surface area contributed by atoms with Crippen molar-refractivity contribution in [2.24, 2.45) is 5.73 Å². The van der Waals surface area contributed by atoms with Gasteiger partial charge in [-0.25, -0.2) is 9.97 Å². The van der Waals surface area contributed by atoms with Crippen molar-refractivity contribution >= 4 is 34.9 Å². The van der Waals surface area contributed by atoms with Crippen molar-refractivity contribution in [3.05, 3.63) is 132 Å². The number of carbonyl (C=O) groups excluding carboxylic acids is 1. The van der Waals surface area contributed by atoms with Crippen molar-refractivity contribution in [2.45, 2.75) is 12.5 Å². The number of nitrogens with zero attached hydrogens (tertiary/aromatic N) is 10. The van der Waals surface area contributed by atoms with Crippen molar-refractivity contribution in [1.82, 2.24) is 30.2 Å². The van der Waals surface area contributed by atoms with Gasteiger partial charge in [-0.15, -0.1) is 0 Å². The molecule has 0 spiro atoms. The summed E-state index contributed by atoms with van der Waals surface area (Å²) in [6.45, 7) is 7.88. The van der Waals surface area contributed by atoms with E-state index in [1.54, 1.807) is 39.0 Å². The Morgan fingerprint density at radius 2 is 1.34 bits per heavy atom. The molecule has 2 aliphatic heterocycles. The van der Waals surface area contributed by atoms with Crippen LogP contribution in [0, 0.1) is 11.3 Å². The van der Waals surface area contributed by atoms with Gasteiger partial charge < -0.3 is 50.1 Å². The summed E-state index contributed by atoms with van der Waals surface area (Å²) >= 11 is 0. The predicted octanol–water partition coefficient (Wildman–Crippen LogP) is 5.08. The van der Waals surface area contributed by atoms with Gasteiger partial charge in [-0.1, -0.05) is 48.5 Å². The molecule has 4 N–H and O–H groups in total. The third-order valence-electron chi connectivity index (χ3n) is 11.8. The number of carbonyl (C=O) groups is 2. The lowest BCUT2D eigenvalue weighted by Crippen LogP contribution is -2.47. The highest BCUT2D eigenvalue weighted by molar-refractivity contribution is 5.95. The van der Waals surface area contributed by atoms with Crippen molar-refractivity contribution in [2.75, 3.05) is 113 Å². The zero-order valence-electron chi connectivity index (χ0n) is 39.0. The SMILES string of the molecule is CN(C)CCNC(=O)c1cccc(-c2cncc(N3CCN(c4ccccc4C#N)CC3)n2)c1.COc1ccc(N2CCN(c3cncc(-c4ccc(CC(N)C(=O)O)cc4)n3)CC2)cc1OC. The number of carboxylic acid groups (broad SMARTS) is 1. The van der Waals surface area contributed by atoms with E-state index in [-0.39, 0.29) is 12.3 Å². The lowest BCUT2D eigenvalue weighted by molar-refractivity contribution is -0.138. The van der Waals surface area contributed by atoms with Crippen LogP contribution >= 0.6 is 0 Å². The average molecular weight is 919 g/mol. The molecule has 0 saturated carbocycles. The number of amides is 1. The van der Waals surface area contributed by atoms with Gasteiger partial charge >= 0.3 is 5.97 Å². The fourth-order valence-electron chi connectivity index (χ4n) is 8.00. The van der Waals surface area contributed by atoms with Gasteiger partial charge in [-0.05, 0) is 62.5 Å². The van der Waals surface area contributed by atoms with Crippen LogP contribution < -0.4 is 40.1 Å². The largest absolute Gasteiger partial charge is 0.493 e. The van der Waals surface area contributed by atoms with E-state index in [2.05, 4.69) is 41.0 Å². The Morgan fingerprint density at radius 1 is 0.735 bits per heavy atom. The quantitative estimate of drug-likeness (QED) is 0.123. The molecule has 0 bridgehead atoms. The summed E-state index contributed by atoms with van der Waals surface area (Å²) in [5, 5.41) is 21.3. The van der Waals surface area contributed by atoms with E-state index in [4.69, 9.17) is 30.3 Å². The second-order valence-corrected chi connectivity index (χ2v) is 16.6. The molecule has 68 heavy (non-hydrogen) atoms. The van der Waals surface area contributed by atoms with Crippen molar-refractivity contribution in [3.63, 3.8) is 0 Å². The first kappa shape index (κ1) is 48.1. The molecule has 2 saturated heterocycles. The first-order chi connectivity index (χ1) is 33.0. The zero-order valence-corrected chi connectivity index (χ0v) is 39.0. The Balaban J connectivity index is 0.000000201. The summed E-state index contributed by atoms with van der Waals surface area (Å²) in [6, 6.07) is 30.2. The Labute approximate surface area is 397 Å². The zero-order chi connectivity index (χ0) is 48.0. The molecule has 1 atom stereocenters. The lowest BCUT2D eigenvalue weighted by Gasteiger charge is -2.37. The number of aromatic nitrogens is 4. The van der Waals surface area contributed by atoms with Crippen molar-refractivity contribution in [1.29, 1.82) is 5.26 Å². The normalized spacial score (nSPS) is 14.1. The second-order valence-electron chi connectivity index (χ2n) is 16.6. The van der Waals surface area contributed by atoms with Crippen LogP contribution in [0.3, 0.4) is 0 Å². The van der Waals surface area contributed by atoms with Crippen molar-refractivity contribution < 1.29 is 24.2 Å². The molecule has 2 aromatic heterocycles. The monoisotopic (exact) mass is 918 g/mol. The molecular formula is C51H58N12O5. The van der Waals surface area contributed by atoms with E-state index in [0.29, 0.717) is 17.7 Å². The molecule has 17 nitrogen and oxygen atoms in total. The highest BCUT2D eigenvalue weighted by Gasteiger charge is 2.23. The molecule has 8 rings (SSSR count). The molecule has 352 valence electrons. The smallest absolute Gasteiger partial charge is 0.320 e. The number of nitrogens with one attached hydrogen (secondary N) is 1. The van der Waals surface area contributed by atoms with Gasteiger partial charge in [0, 0.05) is 93.9 Å². The topological polar surface area (TPSA) is 202 Å². The van der Waals surface area contributed by atoms with Crippen LogP contribution in [0.5, 0.6) is 11.5 Å². The van der Waals surface area contributed by atoms with Gasteiger partial charge in [0.05, 0.1) is 61.6 Å². The third-order valence-corrected chi connectivity index (χ3v) is 11.8. The van der Waals surface area contributed by atoms with E-state index in [0.717, 1.165) is 121 Å². The fourth-order valence-corrected chi connectivity index (χ4v) is 8.00. The van der Waals surface area contributed by atoms with E-state index in [1.165, 1.54) is 0 Å². The number of ether oxygens (including phenoxy) is 2. The first-order valence-electron chi connectivity index (χ1n) is 22.5. The molecule has 0 radical (unpaired) electrons. The van der Waals surface area contributed by atoms with E-state index in [9.17, 15) is 14.9 Å². The fraction of sp³-hybridized carbons (Fsp3) is 0.314. The standard InChI is InChI=1S/C26H29N7O.C25H29N5O4/c1-31(2)11-10-29-26(34)21-8-5-7-20(16-21)23-18-28-19-25(30-23)33-14-12-32(13-15-33)24-9-4-3-6-22(24)17-27;1-33-22-8-7-19(14-23(22)34-2)29-9-11-30(12-10-29)24-16-27-15-21(28-24)18-5-3-17(4-6-18)13-20(26)25(31)32/h3-9,16,18-19H,10-15H2,1-2H3,(H,29,34);3-8,14-16,20H,9-13,26H2,1-2H3,(H,31,32). The first-order valence-corrected chi connectivity index (χ1v) is 22.5. The number of likely N-dealkylation sites (N-methyl/N-ethyl adjacent to an activating group) is 1. The van der Waals surface area contributed by atoms with E-state index < -0.39 is 12.0 Å². The van der Waals surface area contributed by atoms with Gasteiger partial charge in [0.15, 0.2) is 11.5 Å². The second kappa shape index (κ2) is 23.1. The number of hydrogen-bond acceptors (Lipinski definition) is 15. The number of carboxylic acids is 1. The third kappa shape index (κ3) is 12.3. The number of benzene rings is 4. The summed E-state index contributed by atoms with van der Waals surface area (Å²) < 4.78 is 10.8. The lowest BCUT2D eigenvalue weighted by atomic mass is 10.0. The maximum Gasteiger partial charge on any atom is 0.320 e. The van der Waals surface area contributed by atoms with E-state index in [1.807, 2.05) is 110 Å². The molecule has 17 heteroatoms. The number of para-hydroxylation sites is 1. The van der Waals surface area contributed by atoms with Gasteiger partial charge in [-0.2, -0.15) is 5.26 Å². The van der Waals surface area contributed by atoms with Crippen LogP contribution in [0.1, 0.15) is 21.5 Å². The van der Waals surface area contributed by atoms with Crippen LogP contribution in [0.4, 0.5) is 23.0 Å². The molecule has 4 aromatic carbocycles. The number of hydrogen-bond donors (Lipinski definition) is 3. The van der Waals surface area contributed by atoms with E-state index >= 15 is 0 Å². The van der Waals surface area contributed by atoms with Crippen LogP contribution in [0.15, 0.2) is 116 Å². The minimum absolute atomic E-state index is 0.0958. The number of rotatable bonds is 15. The molecule has 0 aliphatic carbocycles. The van der Waals surface area contributed by atoms with Crippen LogP contribution in [-0.4, -0.2) is 142 Å². The minimum Gasteiger partial charge on any atom is -0.493 e. The minimum atomic E-state index is -1.01. The van der Waals surface area contributed by atoms with Gasteiger partial charge in [0.2, 0.25) is 0 Å². The van der Waals surface area contributed by atoms with Gasteiger partial charge in [0.25, 0.3) is 5.91 Å². The molecule has 1 amide bonds. The Kier molecular flexibility index (Phi) is 16.3. The van der Waals surface area contributed by atoms with Crippen LogP contribution in [0.2, 0.25) is 0 Å². The maximum atomic E-state index is 12.5. The Hall–Kier alpha value is -7.81. The highest BCUT2D eigenvalue weighted by Crippen LogP contribution is 2.32. The maximum absolute atomic E-state index is 12.5. The molecule has 4 heterocycles. The van der Waals surface area contributed by atoms with Crippen LogP contribution in [-0.2, 0) is 11.2 Å². The summed E-state index contributed by atoms with van der Waals surface area (Å²) in [6.07, 6.45) is 7.31. The van der Waals surface area contributed by atoms with Gasteiger partial charge in [0.1, 0.15) is 23.7 Å².